The Morgan fingerprint density at radius 3 is 2.24 bits per heavy atom. The molecule has 2 rings (SSSR count). The molecule has 114 valence electrons. The summed E-state index contributed by atoms with van der Waals surface area (Å²) < 4.78 is 40.3. The minimum atomic E-state index is -1.34. The van der Waals surface area contributed by atoms with Gasteiger partial charge in [-0.05, 0) is 12.8 Å². The van der Waals surface area contributed by atoms with Crippen LogP contribution >= 0.6 is 0 Å². The lowest BCUT2D eigenvalue weighted by Gasteiger charge is -2.38. The molecule has 0 spiro atoms. The molecule has 0 bridgehead atoms. The molecule has 1 aliphatic heterocycles. The van der Waals surface area contributed by atoms with Crippen LogP contribution in [0.1, 0.15) is 26.7 Å². The van der Waals surface area contributed by atoms with Gasteiger partial charge in [0.25, 0.3) is 0 Å². The van der Waals surface area contributed by atoms with Crippen molar-refractivity contribution in [2.75, 3.05) is 4.90 Å². The Morgan fingerprint density at radius 1 is 1.05 bits per heavy atom. The third-order valence-electron chi connectivity index (χ3n) is 3.51. The van der Waals surface area contributed by atoms with Crippen LogP contribution in [0.5, 0.6) is 0 Å². The summed E-state index contributed by atoms with van der Waals surface area (Å²) in [4.78, 5) is 25.3. The second kappa shape index (κ2) is 5.75. The largest absolute Gasteiger partial charge is 0.342 e. The summed E-state index contributed by atoms with van der Waals surface area (Å²) in [6.07, 6.45) is 0.551. The van der Waals surface area contributed by atoms with Crippen molar-refractivity contribution in [1.82, 2.24) is 5.32 Å². The van der Waals surface area contributed by atoms with Crippen LogP contribution in [0.3, 0.4) is 0 Å². The maximum atomic E-state index is 13.9. The van der Waals surface area contributed by atoms with Gasteiger partial charge < -0.3 is 5.32 Å². The standard InChI is InChI=1S/C14H15F3N2O2/c1-3-10-14(21)19(11(4-2)13(20)18-10)12-6-8(16)7(15)5-9(12)17/h5-6,10-11H,3-4H2,1-2H3,(H,18,20). The fourth-order valence-electron chi connectivity index (χ4n) is 2.40. The van der Waals surface area contributed by atoms with Crippen LogP contribution in [-0.2, 0) is 9.59 Å². The van der Waals surface area contributed by atoms with E-state index in [1.54, 1.807) is 13.8 Å². The Kier molecular flexibility index (Phi) is 4.20. The van der Waals surface area contributed by atoms with Crippen LogP contribution in [0.4, 0.5) is 18.9 Å². The lowest BCUT2D eigenvalue weighted by molar-refractivity contribution is -0.134. The van der Waals surface area contributed by atoms with Crippen molar-refractivity contribution in [3.05, 3.63) is 29.6 Å². The fraction of sp³-hybridized carbons (Fsp3) is 0.429. The summed E-state index contributed by atoms with van der Waals surface area (Å²) in [5.74, 6) is -4.66. The molecule has 2 unspecified atom stereocenters. The van der Waals surface area contributed by atoms with E-state index < -0.39 is 47.0 Å². The van der Waals surface area contributed by atoms with Crippen LogP contribution < -0.4 is 10.2 Å². The topological polar surface area (TPSA) is 49.4 Å². The molecule has 0 saturated carbocycles. The molecule has 4 nitrogen and oxygen atoms in total. The molecule has 0 aromatic heterocycles. The van der Waals surface area contributed by atoms with Gasteiger partial charge in [-0.1, -0.05) is 13.8 Å². The van der Waals surface area contributed by atoms with Gasteiger partial charge in [0.15, 0.2) is 11.6 Å². The predicted octanol–water partition coefficient (Wildman–Crippen LogP) is 2.12. The molecule has 0 radical (unpaired) electrons. The molecule has 1 heterocycles. The molecule has 21 heavy (non-hydrogen) atoms. The average Bonchev–Trinajstić information content (AvgIpc) is 2.44. The third kappa shape index (κ3) is 2.59. The highest BCUT2D eigenvalue weighted by molar-refractivity contribution is 6.08. The number of carbonyl (C=O) groups is 2. The quantitative estimate of drug-likeness (QED) is 0.869. The van der Waals surface area contributed by atoms with E-state index >= 15 is 0 Å². The van der Waals surface area contributed by atoms with Crippen LogP contribution in [0.2, 0.25) is 0 Å². The Bertz CT molecular complexity index is 592. The maximum absolute atomic E-state index is 13.9. The van der Waals surface area contributed by atoms with Crippen LogP contribution in [0.15, 0.2) is 12.1 Å². The van der Waals surface area contributed by atoms with Crippen molar-refractivity contribution in [2.24, 2.45) is 0 Å². The number of nitrogens with one attached hydrogen (secondary N) is 1. The van der Waals surface area contributed by atoms with E-state index in [-0.39, 0.29) is 6.42 Å². The van der Waals surface area contributed by atoms with Gasteiger partial charge in [0.1, 0.15) is 17.9 Å². The molecule has 1 aliphatic rings. The first-order valence-corrected chi connectivity index (χ1v) is 6.68. The zero-order chi connectivity index (χ0) is 15.7. The van der Waals surface area contributed by atoms with Crippen LogP contribution in [0.25, 0.3) is 0 Å². The van der Waals surface area contributed by atoms with Gasteiger partial charge in [-0.15, -0.1) is 0 Å². The van der Waals surface area contributed by atoms with Crippen molar-refractivity contribution < 1.29 is 22.8 Å². The van der Waals surface area contributed by atoms with Crippen molar-refractivity contribution in [1.29, 1.82) is 0 Å². The number of halogens is 3. The summed E-state index contributed by atoms with van der Waals surface area (Å²) in [5.41, 5.74) is -0.418. The van der Waals surface area contributed by atoms with Gasteiger partial charge in [-0.2, -0.15) is 0 Å². The van der Waals surface area contributed by atoms with E-state index in [0.29, 0.717) is 18.6 Å². The van der Waals surface area contributed by atoms with Gasteiger partial charge in [0.05, 0.1) is 5.69 Å². The number of hydrogen-bond acceptors (Lipinski definition) is 2. The molecular weight excluding hydrogens is 285 g/mol. The number of benzene rings is 1. The lowest BCUT2D eigenvalue weighted by Crippen LogP contribution is -2.63. The van der Waals surface area contributed by atoms with E-state index in [2.05, 4.69) is 5.32 Å². The summed E-state index contributed by atoms with van der Waals surface area (Å²) in [6, 6.07) is -0.762. The predicted molar refractivity (Wildman–Crippen MR) is 70.1 cm³/mol. The fourth-order valence-corrected chi connectivity index (χ4v) is 2.40. The van der Waals surface area contributed by atoms with Crippen molar-refractivity contribution in [2.45, 2.75) is 38.8 Å². The summed E-state index contributed by atoms with van der Waals surface area (Å²) in [5, 5.41) is 2.54. The first kappa shape index (κ1) is 15.3. The maximum Gasteiger partial charge on any atom is 0.250 e. The van der Waals surface area contributed by atoms with E-state index in [1.807, 2.05) is 0 Å². The second-order valence-corrected chi connectivity index (χ2v) is 4.82. The number of rotatable bonds is 3. The molecule has 7 heteroatoms. The molecule has 1 aromatic carbocycles. The van der Waals surface area contributed by atoms with Gasteiger partial charge >= 0.3 is 0 Å². The first-order valence-electron chi connectivity index (χ1n) is 6.68. The highest BCUT2D eigenvalue weighted by Gasteiger charge is 2.40. The number of amides is 2. The highest BCUT2D eigenvalue weighted by atomic mass is 19.2. The molecule has 1 saturated heterocycles. The van der Waals surface area contributed by atoms with E-state index in [0.717, 1.165) is 4.90 Å². The summed E-state index contributed by atoms with van der Waals surface area (Å²) >= 11 is 0. The van der Waals surface area contributed by atoms with Crippen molar-refractivity contribution in [3.63, 3.8) is 0 Å². The number of carbonyl (C=O) groups excluding carboxylic acids is 2. The van der Waals surface area contributed by atoms with Crippen molar-refractivity contribution in [3.8, 4) is 0 Å². The Hall–Kier alpha value is -2.05. The number of hydrogen-bond donors (Lipinski definition) is 1. The van der Waals surface area contributed by atoms with E-state index in [1.165, 1.54) is 0 Å². The van der Waals surface area contributed by atoms with Gasteiger partial charge in [0.2, 0.25) is 11.8 Å². The van der Waals surface area contributed by atoms with Crippen LogP contribution in [-0.4, -0.2) is 23.9 Å². The molecule has 2 amide bonds. The minimum Gasteiger partial charge on any atom is -0.342 e. The Morgan fingerprint density at radius 2 is 1.67 bits per heavy atom. The number of anilines is 1. The lowest BCUT2D eigenvalue weighted by atomic mass is 10.0. The van der Waals surface area contributed by atoms with Gasteiger partial charge in [0, 0.05) is 12.1 Å². The number of nitrogens with zero attached hydrogens (tertiary/aromatic N) is 1. The SMILES string of the molecule is CCC1NC(=O)C(CC)N(c2cc(F)c(F)cc2F)C1=O. The molecule has 1 fully saturated rings. The molecular formula is C14H15F3N2O2. The second-order valence-electron chi connectivity index (χ2n) is 4.82. The van der Waals surface area contributed by atoms with E-state index in [4.69, 9.17) is 0 Å². The molecule has 0 aliphatic carbocycles. The van der Waals surface area contributed by atoms with Gasteiger partial charge in [-0.3, -0.25) is 14.5 Å². The summed E-state index contributed by atoms with van der Waals surface area (Å²) in [6.45, 7) is 3.34. The minimum absolute atomic E-state index is 0.229. The van der Waals surface area contributed by atoms with Gasteiger partial charge in [-0.25, -0.2) is 13.2 Å². The monoisotopic (exact) mass is 300 g/mol. The zero-order valence-corrected chi connectivity index (χ0v) is 11.6. The molecule has 2 atom stereocenters. The average molecular weight is 300 g/mol. The number of piperazine rings is 1. The normalized spacial score (nSPS) is 22.4. The first-order chi connectivity index (χ1) is 9.90. The zero-order valence-electron chi connectivity index (χ0n) is 11.6. The third-order valence-corrected chi connectivity index (χ3v) is 3.51. The molecule has 1 aromatic rings. The Balaban J connectivity index is 2.53. The molecule has 1 N–H and O–H groups in total. The Labute approximate surface area is 119 Å². The highest BCUT2D eigenvalue weighted by Crippen LogP contribution is 2.28. The summed E-state index contributed by atoms with van der Waals surface area (Å²) in [7, 11) is 0. The van der Waals surface area contributed by atoms with Crippen molar-refractivity contribution >= 4 is 17.5 Å². The van der Waals surface area contributed by atoms with E-state index in [9.17, 15) is 22.8 Å². The smallest absolute Gasteiger partial charge is 0.250 e. The van der Waals surface area contributed by atoms with Crippen LogP contribution in [0, 0.1) is 17.5 Å².